The van der Waals surface area contributed by atoms with Gasteiger partial charge in [-0.2, -0.15) is 5.10 Å². The van der Waals surface area contributed by atoms with Crippen molar-refractivity contribution in [2.45, 2.75) is 13.3 Å². The normalized spacial score (nSPS) is 11.3. The number of fused-ring (bicyclic) bond motifs is 2. The molecule has 0 spiro atoms. The number of benzene rings is 1. The molecule has 0 aliphatic carbocycles. The average molecular weight is 355 g/mol. The Labute approximate surface area is 148 Å². The van der Waals surface area contributed by atoms with Gasteiger partial charge in [0.15, 0.2) is 5.65 Å². The topological polar surface area (TPSA) is 88.0 Å². The van der Waals surface area contributed by atoms with Crippen molar-refractivity contribution in [1.29, 1.82) is 0 Å². The van der Waals surface area contributed by atoms with E-state index in [9.17, 15) is 4.79 Å². The first-order valence-corrected chi connectivity index (χ1v) is 8.22. The van der Waals surface area contributed by atoms with Crippen molar-refractivity contribution in [3.8, 4) is 0 Å². The number of aryl methyl sites for hydroxylation is 1. The number of amides is 1. The van der Waals surface area contributed by atoms with Crippen molar-refractivity contribution in [2.75, 3.05) is 6.54 Å². The average Bonchev–Trinajstić information content (AvgIpc) is 3.15. The van der Waals surface area contributed by atoms with Crippen LogP contribution < -0.4 is 5.32 Å². The van der Waals surface area contributed by atoms with Crippen LogP contribution >= 0.6 is 11.6 Å². The van der Waals surface area contributed by atoms with Crippen LogP contribution in [-0.2, 0) is 6.42 Å². The summed E-state index contributed by atoms with van der Waals surface area (Å²) in [6.07, 6.45) is 2.36. The maximum absolute atomic E-state index is 12.4. The van der Waals surface area contributed by atoms with Crippen LogP contribution in [0, 0.1) is 6.92 Å². The smallest absolute Gasteiger partial charge is 0.255 e. The number of pyridine rings is 1. The zero-order valence-corrected chi connectivity index (χ0v) is 14.2. The Kier molecular flexibility index (Phi) is 3.85. The molecule has 3 heterocycles. The van der Waals surface area contributed by atoms with Gasteiger partial charge in [0.05, 0.1) is 16.6 Å². The number of carbonyl (C=O) groups excluding carboxylic acids is 1. The molecular weight excluding hydrogens is 340 g/mol. The summed E-state index contributed by atoms with van der Waals surface area (Å²) in [5, 5.41) is 7.77. The second-order valence-corrected chi connectivity index (χ2v) is 6.14. The molecule has 126 valence electrons. The first kappa shape index (κ1) is 15.6. The number of nitrogens with zero attached hydrogens (tertiary/aromatic N) is 4. The molecule has 0 aliphatic heterocycles. The summed E-state index contributed by atoms with van der Waals surface area (Å²) in [4.78, 5) is 24.4. The highest BCUT2D eigenvalue weighted by Gasteiger charge is 2.13. The molecule has 0 saturated heterocycles. The minimum absolute atomic E-state index is 0.183. The fourth-order valence-corrected chi connectivity index (χ4v) is 2.91. The van der Waals surface area contributed by atoms with Gasteiger partial charge >= 0.3 is 0 Å². The first-order chi connectivity index (χ1) is 12.1. The van der Waals surface area contributed by atoms with Crippen LogP contribution in [0.15, 0.2) is 36.5 Å². The van der Waals surface area contributed by atoms with E-state index < -0.39 is 0 Å². The van der Waals surface area contributed by atoms with Crippen molar-refractivity contribution < 1.29 is 4.79 Å². The highest BCUT2D eigenvalue weighted by molar-refractivity contribution is 6.31. The van der Waals surface area contributed by atoms with Gasteiger partial charge in [-0.25, -0.2) is 14.5 Å². The van der Waals surface area contributed by atoms with Gasteiger partial charge < -0.3 is 10.3 Å². The maximum atomic E-state index is 12.4. The minimum atomic E-state index is -0.183. The van der Waals surface area contributed by atoms with Gasteiger partial charge in [0.1, 0.15) is 11.6 Å². The largest absolute Gasteiger partial charge is 0.351 e. The Morgan fingerprint density at radius 1 is 1.32 bits per heavy atom. The lowest BCUT2D eigenvalue weighted by atomic mass is 10.2. The highest BCUT2D eigenvalue weighted by Crippen LogP contribution is 2.17. The van der Waals surface area contributed by atoms with E-state index >= 15 is 0 Å². The third-order valence-electron chi connectivity index (χ3n) is 3.85. The predicted octanol–water partition coefficient (Wildman–Crippen LogP) is 2.54. The molecule has 0 radical (unpaired) electrons. The van der Waals surface area contributed by atoms with E-state index in [0.29, 0.717) is 35.0 Å². The SMILES string of the molecule is Cc1nc2c(C(=O)NCCc3nc4ccc(Cl)cc4[nH]3)cccn2n1. The number of halogens is 1. The van der Waals surface area contributed by atoms with Gasteiger partial charge in [-0.15, -0.1) is 0 Å². The summed E-state index contributed by atoms with van der Waals surface area (Å²) in [6, 6.07) is 9.02. The monoisotopic (exact) mass is 354 g/mol. The van der Waals surface area contributed by atoms with Gasteiger partial charge in [0.2, 0.25) is 0 Å². The molecule has 0 unspecified atom stereocenters. The number of H-pyrrole nitrogens is 1. The van der Waals surface area contributed by atoms with Crippen molar-refractivity contribution in [3.63, 3.8) is 0 Å². The molecule has 0 bridgehead atoms. The molecule has 25 heavy (non-hydrogen) atoms. The molecule has 7 nitrogen and oxygen atoms in total. The number of aromatic amines is 1. The molecule has 0 saturated carbocycles. The van der Waals surface area contributed by atoms with E-state index in [2.05, 4.69) is 25.4 Å². The molecule has 4 aromatic rings. The van der Waals surface area contributed by atoms with Crippen LogP contribution in [-0.4, -0.2) is 37.0 Å². The van der Waals surface area contributed by atoms with E-state index in [1.165, 1.54) is 0 Å². The summed E-state index contributed by atoms with van der Waals surface area (Å²) in [6.45, 7) is 2.25. The number of hydrogen-bond donors (Lipinski definition) is 2. The van der Waals surface area contributed by atoms with Crippen molar-refractivity contribution in [2.24, 2.45) is 0 Å². The highest BCUT2D eigenvalue weighted by atomic mass is 35.5. The summed E-state index contributed by atoms with van der Waals surface area (Å²) in [5.74, 6) is 1.24. The number of hydrogen-bond acceptors (Lipinski definition) is 4. The fraction of sp³-hybridized carbons (Fsp3) is 0.176. The standard InChI is InChI=1S/C17H15ClN6O/c1-10-20-16-12(3-2-8-24(16)23-10)17(25)19-7-6-15-21-13-5-4-11(18)9-14(13)22-15/h2-5,8-9H,6-7H2,1H3,(H,19,25)(H,21,22). The van der Waals surface area contributed by atoms with E-state index in [1.54, 1.807) is 35.8 Å². The van der Waals surface area contributed by atoms with Crippen LogP contribution in [0.1, 0.15) is 22.0 Å². The van der Waals surface area contributed by atoms with E-state index in [1.807, 2.05) is 12.1 Å². The molecule has 0 atom stereocenters. The zero-order chi connectivity index (χ0) is 17.4. The molecule has 2 N–H and O–H groups in total. The molecular formula is C17H15ClN6O. The number of aromatic nitrogens is 5. The lowest BCUT2D eigenvalue weighted by molar-refractivity contribution is 0.0955. The third-order valence-corrected chi connectivity index (χ3v) is 4.09. The van der Waals surface area contributed by atoms with Crippen LogP contribution in [0.25, 0.3) is 16.7 Å². The lowest BCUT2D eigenvalue weighted by Gasteiger charge is -2.04. The van der Waals surface area contributed by atoms with Crippen molar-refractivity contribution in [1.82, 2.24) is 29.9 Å². The zero-order valence-electron chi connectivity index (χ0n) is 13.5. The summed E-state index contributed by atoms with van der Waals surface area (Å²) >= 11 is 5.97. The molecule has 0 fully saturated rings. The fourth-order valence-electron chi connectivity index (χ4n) is 2.73. The van der Waals surface area contributed by atoms with Crippen LogP contribution in [0.3, 0.4) is 0 Å². The van der Waals surface area contributed by atoms with Gasteiger partial charge in [0.25, 0.3) is 5.91 Å². The molecule has 8 heteroatoms. The van der Waals surface area contributed by atoms with E-state index in [4.69, 9.17) is 11.6 Å². The van der Waals surface area contributed by atoms with E-state index in [0.717, 1.165) is 16.9 Å². The summed E-state index contributed by atoms with van der Waals surface area (Å²) < 4.78 is 1.60. The number of nitrogens with one attached hydrogen (secondary N) is 2. The Morgan fingerprint density at radius 2 is 2.20 bits per heavy atom. The quantitative estimate of drug-likeness (QED) is 0.589. The number of carbonyl (C=O) groups is 1. The molecule has 1 amide bonds. The third kappa shape index (κ3) is 3.06. The Bertz CT molecular complexity index is 1080. The maximum Gasteiger partial charge on any atom is 0.255 e. The number of imidazole rings is 1. The molecule has 4 rings (SSSR count). The predicted molar refractivity (Wildman–Crippen MR) is 94.9 cm³/mol. The molecule has 0 aliphatic rings. The second-order valence-electron chi connectivity index (χ2n) is 5.70. The summed E-state index contributed by atoms with van der Waals surface area (Å²) in [5.41, 5.74) is 2.79. The van der Waals surface area contributed by atoms with Gasteiger partial charge in [-0.1, -0.05) is 11.6 Å². The molecule has 3 aromatic heterocycles. The van der Waals surface area contributed by atoms with Gasteiger partial charge in [-0.05, 0) is 37.3 Å². The second kappa shape index (κ2) is 6.18. The Hall–Kier alpha value is -2.93. The van der Waals surface area contributed by atoms with E-state index in [-0.39, 0.29) is 5.91 Å². The first-order valence-electron chi connectivity index (χ1n) is 7.84. The molecule has 1 aromatic carbocycles. The van der Waals surface area contributed by atoms with Crippen LogP contribution in [0.4, 0.5) is 0 Å². The van der Waals surface area contributed by atoms with Crippen LogP contribution in [0.2, 0.25) is 5.02 Å². The Balaban J connectivity index is 1.45. The van der Waals surface area contributed by atoms with Gasteiger partial charge in [0, 0.05) is 24.2 Å². The lowest BCUT2D eigenvalue weighted by Crippen LogP contribution is -2.26. The minimum Gasteiger partial charge on any atom is -0.351 e. The van der Waals surface area contributed by atoms with Gasteiger partial charge in [-0.3, -0.25) is 4.79 Å². The Morgan fingerprint density at radius 3 is 3.08 bits per heavy atom. The van der Waals surface area contributed by atoms with Crippen molar-refractivity contribution in [3.05, 3.63) is 58.8 Å². The summed E-state index contributed by atoms with van der Waals surface area (Å²) in [7, 11) is 0. The number of rotatable bonds is 4. The van der Waals surface area contributed by atoms with Crippen molar-refractivity contribution >= 4 is 34.2 Å². The van der Waals surface area contributed by atoms with Crippen LogP contribution in [0.5, 0.6) is 0 Å².